The lowest BCUT2D eigenvalue weighted by Crippen LogP contribution is -2.23. The number of carbonyl (C=O) groups excluding carboxylic acids is 2. The maximum absolute atomic E-state index is 12.3. The fourth-order valence-electron chi connectivity index (χ4n) is 2.86. The smallest absolute Gasteiger partial charge is 0.338 e. The van der Waals surface area contributed by atoms with Crippen LogP contribution in [0, 0.1) is 0 Å². The number of benzene rings is 1. The molecular weight excluding hydrogens is 352 g/mol. The standard InChI is InChI=1S/C19H16N2O4S/c22-18-7-2-8-21(18)15-5-1-4-13(10-15)19(23)24-12-14-11-16(25-20-14)17-6-3-9-26-17/h1,3-6,9-11H,2,7-8,12H2. The van der Waals surface area contributed by atoms with Gasteiger partial charge in [-0.2, -0.15) is 0 Å². The van der Waals surface area contributed by atoms with E-state index in [9.17, 15) is 9.59 Å². The minimum Gasteiger partial charge on any atom is -0.455 e. The SMILES string of the molecule is O=C(OCc1cc(-c2cccs2)on1)c1cccc(N2CCCC2=O)c1. The maximum atomic E-state index is 12.3. The van der Waals surface area contributed by atoms with E-state index in [1.54, 1.807) is 40.5 Å². The van der Waals surface area contributed by atoms with E-state index in [0.717, 1.165) is 17.0 Å². The van der Waals surface area contributed by atoms with E-state index in [-0.39, 0.29) is 12.5 Å². The Morgan fingerprint density at radius 2 is 2.19 bits per heavy atom. The van der Waals surface area contributed by atoms with Crippen LogP contribution >= 0.6 is 11.3 Å². The summed E-state index contributed by atoms with van der Waals surface area (Å²) in [4.78, 5) is 26.8. The third-order valence-corrected chi connectivity index (χ3v) is 5.03. The van der Waals surface area contributed by atoms with Gasteiger partial charge in [0.2, 0.25) is 5.91 Å². The normalized spacial score (nSPS) is 14.0. The highest BCUT2D eigenvalue weighted by Crippen LogP contribution is 2.26. The second-order valence-corrected chi connectivity index (χ2v) is 6.88. The molecule has 0 saturated carbocycles. The van der Waals surface area contributed by atoms with Gasteiger partial charge in [0.25, 0.3) is 0 Å². The van der Waals surface area contributed by atoms with Crippen molar-refractivity contribution in [3.05, 3.63) is 59.1 Å². The number of anilines is 1. The molecule has 0 atom stereocenters. The van der Waals surface area contributed by atoms with Crippen molar-refractivity contribution >= 4 is 28.9 Å². The number of rotatable bonds is 5. The van der Waals surface area contributed by atoms with E-state index < -0.39 is 5.97 Å². The molecular formula is C19H16N2O4S. The lowest BCUT2D eigenvalue weighted by atomic mass is 10.2. The van der Waals surface area contributed by atoms with Crippen LogP contribution in [0.5, 0.6) is 0 Å². The summed E-state index contributed by atoms with van der Waals surface area (Å²) >= 11 is 1.55. The van der Waals surface area contributed by atoms with E-state index in [1.807, 2.05) is 23.6 Å². The topological polar surface area (TPSA) is 72.6 Å². The first kappa shape index (κ1) is 16.5. The van der Waals surface area contributed by atoms with Crippen LogP contribution in [0.2, 0.25) is 0 Å². The van der Waals surface area contributed by atoms with Crippen LogP contribution in [-0.4, -0.2) is 23.6 Å². The average Bonchev–Trinajstić information content (AvgIpc) is 3.40. The number of hydrogen-bond donors (Lipinski definition) is 0. The van der Waals surface area contributed by atoms with Gasteiger partial charge in [0.05, 0.1) is 10.4 Å². The molecule has 6 nitrogen and oxygen atoms in total. The average molecular weight is 368 g/mol. The molecule has 7 heteroatoms. The monoisotopic (exact) mass is 368 g/mol. The highest BCUT2D eigenvalue weighted by Gasteiger charge is 2.22. The van der Waals surface area contributed by atoms with E-state index >= 15 is 0 Å². The van der Waals surface area contributed by atoms with Gasteiger partial charge >= 0.3 is 5.97 Å². The fourth-order valence-corrected chi connectivity index (χ4v) is 3.53. The van der Waals surface area contributed by atoms with Crippen molar-refractivity contribution < 1.29 is 18.8 Å². The molecule has 1 aliphatic heterocycles. The Bertz CT molecular complexity index is 933. The number of carbonyl (C=O) groups is 2. The van der Waals surface area contributed by atoms with Gasteiger partial charge in [0.15, 0.2) is 5.76 Å². The second kappa shape index (κ2) is 7.13. The van der Waals surface area contributed by atoms with Crippen molar-refractivity contribution in [3.63, 3.8) is 0 Å². The van der Waals surface area contributed by atoms with Crippen molar-refractivity contribution in [1.82, 2.24) is 5.16 Å². The summed E-state index contributed by atoms with van der Waals surface area (Å²) in [6.07, 6.45) is 1.39. The minimum absolute atomic E-state index is 0.0284. The summed E-state index contributed by atoms with van der Waals surface area (Å²) in [6.45, 7) is 0.711. The van der Waals surface area contributed by atoms with Gasteiger partial charge in [0.1, 0.15) is 12.3 Å². The number of amides is 1. The van der Waals surface area contributed by atoms with Gasteiger partial charge in [-0.3, -0.25) is 4.79 Å². The number of nitrogens with zero attached hydrogens (tertiary/aromatic N) is 2. The quantitative estimate of drug-likeness (QED) is 0.639. The van der Waals surface area contributed by atoms with E-state index in [4.69, 9.17) is 9.26 Å². The van der Waals surface area contributed by atoms with E-state index in [1.165, 1.54) is 0 Å². The molecule has 4 rings (SSSR count). The number of esters is 1. The molecule has 0 aliphatic carbocycles. The highest BCUT2D eigenvalue weighted by atomic mass is 32.1. The lowest BCUT2D eigenvalue weighted by Gasteiger charge is -2.16. The first-order chi connectivity index (χ1) is 12.7. The van der Waals surface area contributed by atoms with Gasteiger partial charge in [-0.25, -0.2) is 4.79 Å². The van der Waals surface area contributed by atoms with Crippen LogP contribution in [0.15, 0.2) is 52.4 Å². The van der Waals surface area contributed by atoms with Crippen molar-refractivity contribution in [3.8, 4) is 10.6 Å². The third-order valence-electron chi connectivity index (χ3n) is 4.14. The second-order valence-electron chi connectivity index (χ2n) is 5.94. The molecule has 132 valence electrons. The van der Waals surface area contributed by atoms with Crippen molar-refractivity contribution in [2.45, 2.75) is 19.4 Å². The predicted molar refractivity (Wildman–Crippen MR) is 97.0 cm³/mol. The largest absolute Gasteiger partial charge is 0.455 e. The van der Waals surface area contributed by atoms with E-state index in [0.29, 0.717) is 30.0 Å². The number of ether oxygens (including phenoxy) is 1. The molecule has 2 aromatic heterocycles. The van der Waals surface area contributed by atoms with Gasteiger partial charge in [-0.1, -0.05) is 17.3 Å². The summed E-state index contributed by atoms with van der Waals surface area (Å²) in [7, 11) is 0. The van der Waals surface area contributed by atoms with Crippen molar-refractivity contribution in [1.29, 1.82) is 0 Å². The third kappa shape index (κ3) is 3.39. The van der Waals surface area contributed by atoms with Crippen LogP contribution in [0.3, 0.4) is 0 Å². The van der Waals surface area contributed by atoms with Gasteiger partial charge in [0, 0.05) is 24.7 Å². The summed E-state index contributed by atoms with van der Waals surface area (Å²) in [5, 5.41) is 5.88. The highest BCUT2D eigenvalue weighted by molar-refractivity contribution is 7.13. The molecule has 26 heavy (non-hydrogen) atoms. The summed E-state index contributed by atoms with van der Waals surface area (Å²) in [6, 6.07) is 12.6. The molecule has 1 aromatic carbocycles. The Labute approximate surface area is 154 Å². The molecule has 1 saturated heterocycles. The summed E-state index contributed by atoms with van der Waals surface area (Å²) < 4.78 is 10.6. The van der Waals surface area contributed by atoms with Crippen molar-refractivity contribution in [2.24, 2.45) is 0 Å². The molecule has 0 radical (unpaired) electrons. The van der Waals surface area contributed by atoms with E-state index in [2.05, 4.69) is 5.16 Å². The Morgan fingerprint density at radius 1 is 1.27 bits per heavy atom. The molecule has 0 N–H and O–H groups in total. The molecule has 1 fully saturated rings. The van der Waals surface area contributed by atoms with Crippen LogP contribution in [-0.2, 0) is 16.1 Å². The first-order valence-electron chi connectivity index (χ1n) is 8.28. The van der Waals surface area contributed by atoms with Crippen LogP contribution in [0.25, 0.3) is 10.6 Å². The molecule has 0 spiro atoms. The van der Waals surface area contributed by atoms with Crippen LogP contribution in [0.1, 0.15) is 28.9 Å². The number of thiophene rings is 1. The predicted octanol–water partition coefficient (Wildman–Crippen LogP) is 3.89. The van der Waals surface area contributed by atoms with Crippen LogP contribution < -0.4 is 4.90 Å². The molecule has 1 aliphatic rings. The molecule has 0 unspecified atom stereocenters. The Balaban J connectivity index is 1.41. The zero-order valence-corrected chi connectivity index (χ0v) is 14.7. The van der Waals surface area contributed by atoms with Gasteiger partial charge in [-0.05, 0) is 36.1 Å². The van der Waals surface area contributed by atoms with Crippen LogP contribution in [0.4, 0.5) is 5.69 Å². The van der Waals surface area contributed by atoms with Gasteiger partial charge < -0.3 is 14.2 Å². The Morgan fingerprint density at radius 3 is 2.96 bits per heavy atom. The lowest BCUT2D eigenvalue weighted by molar-refractivity contribution is -0.117. The molecule has 3 aromatic rings. The molecule has 0 bridgehead atoms. The number of aromatic nitrogens is 1. The van der Waals surface area contributed by atoms with Crippen molar-refractivity contribution in [2.75, 3.05) is 11.4 Å². The minimum atomic E-state index is -0.459. The summed E-state index contributed by atoms with van der Waals surface area (Å²) in [5.41, 5.74) is 1.68. The maximum Gasteiger partial charge on any atom is 0.338 e. The Kier molecular flexibility index (Phi) is 4.53. The Hall–Kier alpha value is -2.93. The number of hydrogen-bond acceptors (Lipinski definition) is 6. The zero-order chi connectivity index (χ0) is 17.9. The molecule has 3 heterocycles. The summed E-state index contributed by atoms with van der Waals surface area (Å²) in [5.74, 6) is 0.277. The van der Waals surface area contributed by atoms with Gasteiger partial charge in [-0.15, -0.1) is 11.3 Å². The zero-order valence-electron chi connectivity index (χ0n) is 13.9. The molecule has 1 amide bonds. The first-order valence-corrected chi connectivity index (χ1v) is 9.16. The fraction of sp³-hybridized carbons (Fsp3) is 0.211.